The van der Waals surface area contributed by atoms with Crippen LogP contribution in [0.15, 0.2) is 24.3 Å². The van der Waals surface area contributed by atoms with E-state index in [1.807, 2.05) is 29.2 Å². The minimum atomic E-state index is 0.00622. The number of carbonyl (C=O) groups excluding carboxylic acids is 2. The van der Waals surface area contributed by atoms with Crippen molar-refractivity contribution >= 4 is 11.8 Å². The van der Waals surface area contributed by atoms with Crippen LogP contribution in [0.25, 0.3) is 0 Å². The van der Waals surface area contributed by atoms with Crippen molar-refractivity contribution in [3.05, 3.63) is 29.8 Å². The number of rotatable bonds is 7. The topological polar surface area (TPSA) is 70.7 Å². The highest BCUT2D eigenvalue weighted by Crippen LogP contribution is 2.22. The first-order valence-electron chi connectivity index (χ1n) is 10.5. The zero-order chi connectivity index (χ0) is 19.8. The largest absolute Gasteiger partial charge is 0.497 e. The van der Waals surface area contributed by atoms with Crippen LogP contribution in [0.3, 0.4) is 0 Å². The highest BCUT2D eigenvalue weighted by Gasteiger charge is 2.27. The van der Waals surface area contributed by atoms with E-state index in [0.717, 1.165) is 43.7 Å². The zero-order valence-corrected chi connectivity index (χ0v) is 16.9. The molecule has 3 rings (SSSR count). The molecule has 154 valence electrons. The van der Waals surface area contributed by atoms with Crippen molar-refractivity contribution in [1.29, 1.82) is 0 Å². The van der Waals surface area contributed by atoms with E-state index in [0.29, 0.717) is 32.0 Å². The van der Waals surface area contributed by atoms with Crippen molar-refractivity contribution < 1.29 is 14.3 Å². The molecule has 0 radical (unpaired) electrons. The summed E-state index contributed by atoms with van der Waals surface area (Å²) in [5, 5.41) is 6.40. The van der Waals surface area contributed by atoms with Gasteiger partial charge in [0.25, 0.3) is 0 Å². The van der Waals surface area contributed by atoms with Crippen molar-refractivity contribution in [2.24, 2.45) is 11.8 Å². The van der Waals surface area contributed by atoms with Gasteiger partial charge in [-0.2, -0.15) is 0 Å². The number of nitrogens with zero attached hydrogens (tertiary/aromatic N) is 1. The Kier molecular flexibility index (Phi) is 7.71. The zero-order valence-electron chi connectivity index (χ0n) is 16.9. The molecule has 2 amide bonds. The van der Waals surface area contributed by atoms with Gasteiger partial charge in [0, 0.05) is 32.0 Å². The first-order valence-corrected chi connectivity index (χ1v) is 10.5. The van der Waals surface area contributed by atoms with Gasteiger partial charge in [-0.25, -0.2) is 0 Å². The molecule has 2 saturated heterocycles. The number of carbonyl (C=O) groups is 2. The van der Waals surface area contributed by atoms with Crippen LogP contribution in [-0.4, -0.2) is 50.0 Å². The average molecular weight is 388 g/mol. The first kappa shape index (κ1) is 20.6. The van der Waals surface area contributed by atoms with E-state index in [9.17, 15) is 9.59 Å². The second-order valence-electron chi connectivity index (χ2n) is 7.95. The molecule has 1 aromatic carbocycles. The van der Waals surface area contributed by atoms with Crippen LogP contribution in [0.5, 0.6) is 5.75 Å². The van der Waals surface area contributed by atoms with Crippen LogP contribution < -0.4 is 15.4 Å². The molecule has 0 saturated carbocycles. The van der Waals surface area contributed by atoms with E-state index < -0.39 is 0 Å². The lowest BCUT2D eigenvalue weighted by Crippen LogP contribution is -2.43. The summed E-state index contributed by atoms with van der Waals surface area (Å²) >= 11 is 0. The first-order chi connectivity index (χ1) is 13.7. The molecule has 2 heterocycles. The second-order valence-corrected chi connectivity index (χ2v) is 7.95. The van der Waals surface area contributed by atoms with Gasteiger partial charge in [-0.05, 0) is 68.8 Å². The van der Waals surface area contributed by atoms with Crippen LogP contribution in [0.4, 0.5) is 0 Å². The third kappa shape index (κ3) is 5.96. The maximum atomic E-state index is 12.5. The van der Waals surface area contributed by atoms with Crippen molar-refractivity contribution in [2.45, 2.75) is 45.1 Å². The van der Waals surface area contributed by atoms with Gasteiger partial charge in [0.1, 0.15) is 5.75 Å². The third-order valence-electron chi connectivity index (χ3n) is 6.07. The molecule has 2 N–H and O–H groups in total. The summed E-state index contributed by atoms with van der Waals surface area (Å²) in [6.07, 6.45) is 5.54. The number of hydrogen-bond acceptors (Lipinski definition) is 4. The summed E-state index contributed by atoms with van der Waals surface area (Å²) in [6.45, 7) is 4.08. The molecule has 0 aromatic heterocycles. The minimum absolute atomic E-state index is 0.00622. The van der Waals surface area contributed by atoms with Crippen molar-refractivity contribution in [1.82, 2.24) is 15.5 Å². The van der Waals surface area contributed by atoms with E-state index in [1.54, 1.807) is 7.11 Å². The molecule has 0 atom stereocenters. The van der Waals surface area contributed by atoms with Crippen molar-refractivity contribution in [3.8, 4) is 5.75 Å². The Morgan fingerprint density at radius 3 is 2.43 bits per heavy atom. The number of nitrogens with one attached hydrogen (secondary N) is 2. The van der Waals surface area contributed by atoms with E-state index in [4.69, 9.17) is 4.74 Å². The Morgan fingerprint density at radius 1 is 1.11 bits per heavy atom. The van der Waals surface area contributed by atoms with Crippen LogP contribution in [0.2, 0.25) is 0 Å². The Balaban J connectivity index is 1.35. The van der Waals surface area contributed by atoms with Crippen LogP contribution >= 0.6 is 0 Å². The number of amides is 2. The molecule has 1 aromatic rings. The maximum absolute atomic E-state index is 12.5. The van der Waals surface area contributed by atoms with Crippen LogP contribution in [0, 0.1) is 11.8 Å². The van der Waals surface area contributed by atoms with E-state index in [2.05, 4.69) is 10.6 Å². The monoisotopic (exact) mass is 387 g/mol. The summed E-state index contributed by atoms with van der Waals surface area (Å²) in [7, 11) is 1.64. The SMILES string of the molecule is COc1ccc(CNC(=O)C2CCN(C(=O)CCC3CCNCC3)CC2)cc1. The Labute approximate surface area is 168 Å². The van der Waals surface area contributed by atoms with Gasteiger partial charge in [-0.3, -0.25) is 9.59 Å². The minimum Gasteiger partial charge on any atom is -0.497 e. The number of benzene rings is 1. The number of likely N-dealkylation sites (tertiary alicyclic amines) is 1. The lowest BCUT2D eigenvalue weighted by molar-refractivity contribution is -0.136. The fourth-order valence-electron chi connectivity index (χ4n) is 4.12. The second kappa shape index (κ2) is 10.5. The van der Waals surface area contributed by atoms with Gasteiger partial charge in [0.2, 0.25) is 11.8 Å². The van der Waals surface area contributed by atoms with Crippen molar-refractivity contribution in [3.63, 3.8) is 0 Å². The molecule has 2 fully saturated rings. The molecule has 0 aliphatic carbocycles. The van der Waals surface area contributed by atoms with Gasteiger partial charge in [0.15, 0.2) is 0 Å². The highest BCUT2D eigenvalue weighted by atomic mass is 16.5. The Morgan fingerprint density at radius 2 is 1.79 bits per heavy atom. The number of methoxy groups -OCH3 is 1. The smallest absolute Gasteiger partial charge is 0.223 e. The molecular formula is C22H33N3O3. The molecule has 0 unspecified atom stereocenters. The van der Waals surface area contributed by atoms with Crippen molar-refractivity contribution in [2.75, 3.05) is 33.3 Å². The summed E-state index contributed by atoms with van der Waals surface area (Å²) < 4.78 is 5.15. The molecule has 28 heavy (non-hydrogen) atoms. The lowest BCUT2D eigenvalue weighted by atomic mass is 9.92. The predicted molar refractivity (Wildman–Crippen MR) is 109 cm³/mol. The normalized spacial score (nSPS) is 18.7. The van der Waals surface area contributed by atoms with Gasteiger partial charge in [0.05, 0.1) is 7.11 Å². The number of piperidine rings is 2. The molecule has 6 heteroatoms. The van der Waals surface area contributed by atoms with Gasteiger partial charge < -0.3 is 20.3 Å². The van der Waals surface area contributed by atoms with Gasteiger partial charge in [-0.1, -0.05) is 12.1 Å². The summed E-state index contributed by atoms with van der Waals surface area (Å²) in [4.78, 5) is 26.9. The molecule has 2 aliphatic heterocycles. The summed E-state index contributed by atoms with van der Waals surface area (Å²) in [5.74, 6) is 1.86. The standard InChI is InChI=1S/C22H33N3O3/c1-28-20-5-2-18(3-6-20)16-24-22(27)19-10-14-25(15-11-19)21(26)7-4-17-8-12-23-13-9-17/h2-3,5-6,17,19,23H,4,7-16H2,1H3,(H,24,27). The summed E-state index contributed by atoms with van der Waals surface area (Å²) in [5.41, 5.74) is 1.06. The fraction of sp³-hybridized carbons (Fsp3) is 0.636. The molecule has 0 bridgehead atoms. The lowest BCUT2D eigenvalue weighted by Gasteiger charge is -2.32. The molecule has 0 spiro atoms. The molecule has 2 aliphatic rings. The third-order valence-corrected chi connectivity index (χ3v) is 6.07. The van der Waals surface area contributed by atoms with Gasteiger partial charge in [-0.15, -0.1) is 0 Å². The highest BCUT2D eigenvalue weighted by molar-refractivity contribution is 5.80. The number of hydrogen-bond donors (Lipinski definition) is 2. The van der Waals surface area contributed by atoms with E-state index in [-0.39, 0.29) is 17.7 Å². The van der Waals surface area contributed by atoms with Crippen LogP contribution in [-0.2, 0) is 16.1 Å². The number of ether oxygens (including phenoxy) is 1. The molecular weight excluding hydrogens is 354 g/mol. The Hall–Kier alpha value is -2.08. The van der Waals surface area contributed by atoms with Gasteiger partial charge >= 0.3 is 0 Å². The van der Waals surface area contributed by atoms with E-state index >= 15 is 0 Å². The fourth-order valence-corrected chi connectivity index (χ4v) is 4.12. The quantitative estimate of drug-likeness (QED) is 0.753. The predicted octanol–water partition coefficient (Wildman–Crippen LogP) is 2.33. The molecule has 6 nitrogen and oxygen atoms in total. The maximum Gasteiger partial charge on any atom is 0.223 e. The average Bonchev–Trinajstić information content (AvgIpc) is 2.77. The van der Waals surface area contributed by atoms with Crippen LogP contribution in [0.1, 0.15) is 44.1 Å². The Bertz CT molecular complexity index is 633. The van der Waals surface area contributed by atoms with E-state index in [1.165, 1.54) is 12.8 Å². The summed E-state index contributed by atoms with van der Waals surface area (Å²) in [6, 6.07) is 7.72.